The van der Waals surface area contributed by atoms with E-state index < -0.39 is 0 Å². The number of nitrogens with one attached hydrogen (secondary N) is 1. The third-order valence-corrected chi connectivity index (χ3v) is 3.88. The van der Waals surface area contributed by atoms with Crippen LogP contribution < -0.4 is 14.8 Å². The summed E-state index contributed by atoms with van der Waals surface area (Å²) >= 11 is 0. The molecule has 1 aliphatic carbocycles. The fourth-order valence-corrected chi connectivity index (χ4v) is 2.65. The molecule has 1 unspecified atom stereocenters. The number of ether oxygens (including phenoxy) is 2. The molecule has 1 aliphatic rings. The van der Waals surface area contributed by atoms with Crippen LogP contribution in [0.4, 0.5) is 5.69 Å². The molecule has 0 saturated heterocycles. The number of nitro groups is 1. The molecule has 0 radical (unpaired) electrons. The van der Waals surface area contributed by atoms with Crippen LogP contribution in [0.2, 0.25) is 0 Å². The Hall–Kier alpha value is -1.82. The maximum atomic E-state index is 11.3. The Balaban J connectivity index is 2.33. The molecular formula is C15H22N2O4. The lowest BCUT2D eigenvalue weighted by Gasteiger charge is -2.18. The summed E-state index contributed by atoms with van der Waals surface area (Å²) < 4.78 is 10.4. The number of nitro benzene ring substituents is 1. The minimum Gasteiger partial charge on any atom is -0.493 e. The van der Waals surface area contributed by atoms with E-state index in [4.69, 9.17) is 9.47 Å². The van der Waals surface area contributed by atoms with Gasteiger partial charge in [-0.3, -0.25) is 10.1 Å². The van der Waals surface area contributed by atoms with Crippen LogP contribution in [0, 0.1) is 16.0 Å². The second-order valence-corrected chi connectivity index (χ2v) is 5.30. The zero-order chi connectivity index (χ0) is 15.4. The van der Waals surface area contributed by atoms with Crippen molar-refractivity contribution in [3.8, 4) is 11.5 Å². The van der Waals surface area contributed by atoms with E-state index in [1.807, 2.05) is 0 Å². The van der Waals surface area contributed by atoms with Crippen LogP contribution in [0.1, 0.15) is 25.3 Å². The molecule has 0 spiro atoms. The molecule has 0 aliphatic heterocycles. The van der Waals surface area contributed by atoms with Gasteiger partial charge < -0.3 is 14.8 Å². The Morgan fingerprint density at radius 3 is 2.43 bits per heavy atom. The molecule has 0 bridgehead atoms. The number of methoxy groups -OCH3 is 2. The lowest BCUT2D eigenvalue weighted by molar-refractivity contribution is -0.385. The van der Waals surface area contributed by atoms with Crippen LogP contribution in [-0.4, -0.2) is 31.7 Å². The van der Waals surface area contributed by atoms with Gasteiger partial charge in [0.15, 0.2) is 11.5 Å². The molecule has 2 rings (SSSR count). The zero-order valence-electron chi connectivity index (χ0n) is 12.7. The van der Waals surface area contributed by atoms with Crippen LogP contribution >= 0.6 is 0 Å². The van der Waals surface area contributed by atoms with Gasteiger partial charge in [0.2, 0.25) is 0 Å². The number of benzene rings is 1. The van der Waals surface area contributed by atoms with Crippen molar-refractivity contribution in [2.45, 2.75) is 32.2 Å². The lowest BCUT2D eigenvalue weighted by Crippen LogP contribution is -2.33. The molecule has 1 saturated carbocycles. The quantitative estimate of drug-likeness (QED) is 0.589. The van der Waals surface area contributed by atoms with Crippen molar-refractivity contribution in [2.75, 3.05) is 20.8 Å². The highest BCUT2D eigenvalue weighted by Gasteiger charge is 2.32. The fraction of sp³-hybridized carbons (Fsp3) is 0.600. The van der Waals surface area contributed by atoms with E-state index in [9.17, 15) is 10.1 Å². The number of hydrogen-bond acceptors (Lipinski definition) is 5. The summed E-state index contributed by atoms with van der Waals surface area (Å²) in [5.41, 5.74) is 0.784. The van der Waals surface area contributed by atoms with Crippen molar-refractivity contribution in [1.29, 1.82) is 0 Å². The third kappa shape index (κ3) is 3.64. The first-order valence-corrected chi connectivity index (χ1v) is 7.23. The van der Waals surface area contributed by atoms with Crippen LogP contribution in [0.15, 0.2) is 12.1 Å². The number of likely N-dealkylation sites (N-methyl/N-ethyl adjacent to an activating group) is 1. The van der Waals surface area contributed by atoms with Crippen molar-refractivity contribution in [3.05, 3.63) is 27.8 Å². The van der Waals surface area contributed by atoms with Crippen molar-refractivity contribution in [1.82, 2.24) is 5.32 Å². The van der Waals surface area contributed by atoms with Gasteiger partial charge in [0, 0.05) is 11.6 Å². The second kappa shape index (κ2) is 6.76. The summed E-state index contributed by atoms with van der Waals surface area (Å²) in [7, 11) is 3.02. The van der Waals surface area contributed by atoms with Gasteiger partial charge in [-0.1, -0.05) is 6.92 Å². The first-order chi connectivity index (χ1) is 10.1. The largest absolute Gasteiger partial charge is 0.493 e. The predicted molar refractivity (Wildman–Crippen MR) is 80.1 cm³/mol. The normalized spacial score (nSPS) is 15.6. The van der Waals surface area contributed by atoms with Gasteiger partial charge in [-0.25, -0.2) is 0 Å². The monoisotopic (exact) mass is 294 g/mol. The minimum absolute atomic E-state index is 0.0937. The molecule has 1 aromatic carbocycles. The molecule has 1 aromatic rings. The molecule has 6 nitrogen and oxygen atoms in total. The Morgan fingerprint density at radius 2 is 1.95 bits per heavy atom. The standard InChI is InChI=1S/C15H22N2O4/c1-4-16-12(10-5-6-10)7-11-8-14(20-2)15(21-3)9-13(11)17(18)19/h8-10,12,16H,4-7H2,1-3H3. The average molecular weight is 294 g/mol. The topological polar surface area (TPSA) is 73.6 Å². The van der Waals surface area contributed by atoms with E-state index in [1.165, 1.54) is 33.1 Å². The van der Waals surface area contributed by atoms with E-state index in [0.717, 1.165) is 6.54 Å². The van der Waals surface area contributed by atoms with Crippen LogP contribution in [0.25, 0.3) is 0 Å². The first kappa shape index (κ1) is 15.6. The predicted octanol–water partition coefficient (Wildman–Crippen LogP) is 2.54. The van der Waals surface area contributed by atoms with Gasteiger partial charge in [-0.05, 0) is 37.8 Å². The number of rotatable bonds is 8. The molecule has 0 heterocycles. The van der Waals surface area contributed by atoms with Gasteiger partial charge in [-0.2, -0.15) is 0 Å². The van der Waals surface area contributed by atoms with Gasteiger partial charge in [0.1, 0.15) is 0 Å². The van der Waals surface area contributed by atoms with Crippen molar-refractivity contribution in [2.24, 2.45) is 5.92 Å². The Labute approximate surface area is 124 Å². The molecule has 1 N–H and O–H groups in total. The van der Waals surface area contributed by atoms with E-state index in [1.54, 1.807) is 6.07 Å². The Bertz CT molecular complexity index is 515. The van der Waals surface area contributed by atoms with Crippen LogP contribution in [0.3, 0.4) is 0 Å². The maximum Gasteiger partial charge on any atom is 0.276 e. The van der Waals surface area contributed by atoms with Crippen LogP contribution in [-0.2, 0) is 6.42 Å². The highest BCUT2D eigenvalue weighted by Crippen LogP contribution is 2.38. The maximum absolute atomic E-state index is 11.3. The minimum atomic E-state index is -0.354. The molecule has 0 aromatic heterocycles. The van der Waals surface area contributed by atoms with E-state index >= 15 is 0 Å². The summed E-state index contributed by atoms with van der Waals surface area (Å²) in [5, 5.41) is 14.7. The van der Waals surface area contributed by atoms with Gasteiger partial charge in [-0.15, -0.1) is 0 Å². The van der Waals surface area contributed by atoms with Gasteiger partial charge in [0.25, 0.3) is 5.69 Å². The van der Waals surface area contributed by atoms with E-state index in [-0.39, 0.29) is 16.7 Å². The van der Waals surface area contributed by atoms with Crippen molar-refractivity contribution < 1.29 is 14.4 Å². The number of nitrogens with zero attached hydrogens (tertiary/aromatic N) is 1. The van der Waals surface area contributed by atoms with E-state index in [2.05, 4.69) is 12.2 Å². The average Bonchev–Trinajstić information content (AvgIpc) is 3.30. The molecule has 1 fully saturated rings. The van der Waals surface area contributed by atoms with E-state index in [0.29, 0.717) is 29.4 Å². The highest BCUT2D eigenvalue weighted by molar-refractivity contribution is 5.54. The number of hydrogen-bond donors (Lipinski definition) is 1. The van der Waals surface area contributed by atoms with Crippen molar-refractivity contribution >= 4 is 5.69 Å². The van der Waals surface area contributed by atoms with Gasteiger partial charge >= 0.3 is 0 Å². The third-order valence-electron chi connectivity index (χ3n) is 3.88. The zero-order valence-corrected chi connectivity index (χ0v) is 12.7. The highest BCUT2D eigenvalue weighted by atomic mass is 16.6. The molecule has 0 amide bonds. The summed E-state index contributed by atoms with van der Waals surface area (Å²) in [6.45, 7) is 2.92. The Morgan fingerprint density at radius 1 is 1.33 bits per heavy atom. The summed E-state index contributed by atoms with van der Waals surface area (Å²) in [5.74, 6) is 1.54. The summed E-state index contributed by atoms with van der Waals surface area (Å²) in [6.07, 6.45) is 3.02. The molecule has 21 heavy (non-hydrogen) atoms. The molecule has 1 atom stereocenters. The van der Waals surface area contributed by atoms with Gasteiger partial charge in [0.05, 0.1) is 25.2 Å². The molecule has 116 valence electrons. The van der Waals surface area contributed by atoms with Crippen molar-refractivity contribution in [3.63, 3.8) is 0 Å². The summed E-state index contributed by atoms with van der Waals surface area (Å²) in [4.78, 5) is 10.9. The Kier molecular flexibility index (Phi) is 5.01. The fourth-order valence-electron chi connectivity index (χ4n) is 2.65. The second-order valence-electron chi connectivity index (χ2n) is 5.30. The smallest absolute Gasteiger partial charge is 0.276 e. The van der Waals surface area contributed by atoms with Crippen LogP contribution in [0.5, 0.6) is 11.5 Å². The lowest BCUT2D eigenvalue weighted by atomic mass is 10.00. The molecular weight excluding hydrogens is 272 g/mol. The summed E-state index contributed by atoms with van der Waals surface area (Å²) in [6, 6.07) is 3.46. The first-order valence-electron chi connectivity index (χ1n) is 7.23. The molecule has 6 heteroatoms. The SMILES string of the molecule is CCNC(Cc1cc(OC)c(OC)cc1[N+](=O)[O-])C1CC1.